The zero-order valence-corrected chi connectivity index (χ0v) is 9.86. The van der Waals surface area contributed by atoms with E-state index < -0.39 is 0 Å². The van der Waals surface area contributed by atoms with Crippen molar-refractivity contribution in [1.29, 1.82) is 0 Å². The maximum Gasteiger partial charge on any atom is 0.225 e. The minimum atomic E-state index is -0.0232. The number of benzene rings is 1. The van der Waals surface area contributed by atoms with Gasteiger partial charge < -0.3 is 11.1 Å². The van der Waals surface area contributed by atoms with E-state index in [2.05, 4.69) is 5.32 Å². The molecule has 1 rings (SSSR count). The molecule has 0 bridgehead atoms. The van der Waals surface area contributed by atoms with E-state index in [1.165, 1.54) is 0 Å². The average molecular weight is 229 g/mol. The molecule has 84 valence electrons. The molecule has 1 aromatic rings. The second kappa shape index (κ2) is 6.43. The molecule has 0 saturated heterocycles. The number of halogens is 1. The second-order valence-corrected chi connectivity index (χ2v) is 3.35. The summed E-state index contributed by atoms with van der Waals surface area (Å²) in [6.45, 7) is 4.34. The third-order valence-electron chi connectivity index (χ3n) is 2.12. The van der Waals surface area contributed by atoms with E-state index in [1.54, 1.807) is 0 Å². The predicted molar refractivity (Wildman–Crippen MR) is 65.5 cm³/mol. The Morgan fingerprint density at radius 2 is 1.87 bits per heavy atom. The van der Waals surface area contributed by atoms with E-state index in [-0.39, 0.29) is 18.3 Å². The minimum Gasteiger partial charge on any atom is -0.330 e. The van der Waals surface area contributed by atoms with Crippen LogP contribution < -0.4 is 11.1 Å². The van der Waals surface area contributed by atoms with Crippen LogP contribution in [0.15, 0.2) is 18.2 Å². The van der Waals surface area contributed by atoms with Crippen LogP contribution in [0, 0.1) is 13.8 Å². The van der Waals surface area contributed by atoms with Crippen LogP contribution in [-0.4, -0.2) is 12.5 Å². The summed E-state index contributed by atoms with van der Waals surface area (Å²) in [7, 11) is 0. The molecule has 3 nitrogen and oxygen atoms in total. The van der Waals surface area contributed by atoms with Crippen molar-refractivity contribution in [2.45, 2.75) is 20.3 Å². The van der Waals surface area contributed by atoms with Crippen LogP contribution in [0.4, 0.5) is 5.69 Å². The molecule has 3 N–H and O–H groups in total. The lowest BCUT2D eigenvalue weighted by molar-refractivity contribution is -0.116. The molecule has 4 heteroatoms. The first-order valence-corrected chi connectivity index (χ1v) is 4.71. The topological polar surface area (TPSA) is 55.1 Å². The van der Waals surface area contributed by atoms with Crippen LogP contribution in [0.3, 0.4) is 0 Å². The number of hydrogen-bond donors (Lipinski definition) is 2. The number of anilines is 1. The number of amides is 1. The molecule has 1 aromatic carbocycles. The minimum absolute atomic E-state index is 0. The number of para-hydroxylation sites is 1. The van der Waals surface area contributed by atoms with Crippen molar-refractivity contribution in [3.8, 4) is 0 Å². The van der Waals surface area contributed by atoms with Crippen molar-refractivity contribution < 1.29 is 4.79 Å². The molecule has 0 spiro atoms. The number of aryl methyl sites for hydroxylation is 2. The molecule has 1 amide bonds. The highest BCUT2D eigenvalue weighted by Gasteiger charge is 2.05. The van der Waals surface area contributed by atoms with Crippen LogP contribution in [0.2, 0.25) is 0 Å². The van der Waals surface area contributed by atoms with Crippen molar-refractivity contribution in [3.63, 3.8) is 0 Å². The van der Waals surface area contributed by atoms with Gasteiger partial charge in [-0.2, -0.15) is 0 Å². The molecule has 15 heavy (non-hydrogen) atoms. The van der Waals surface area contributed by atoms with Gasteiger partial charge in [0.05, 0.1) is 0 Å². The Kier molecular flexibility index (Phi) is 5.97. The van der Waals surface area contributed by atoms with E-state index in [4.69, 9.17) is 5.73 Å². The van der Waals surface area contributed by atoms with Gasteiger partial charge in [0, 0.05) is 18.7 Å². The first kappa shape index (κ1) is 13.9. The summed E-state index contributed by atoms with van der Waals surface area (Å²) in [5, 5.41) is 2.86. The maximum atomic E-state index is 11.3. The van der Waals surface area contributed by atoms with Crippen molar-refractivity contribution in [2.24, 2.45) is 5.73 Å². The van der Waals surface area contributed by atoms with E-state index in [9.17, 15) is 4.79 Å². The molecular weight excluding hydrogens is 212 g/mol. The van der Waals surface area contributed by atoms with Crippen molar-refractivity contribution >= 4 is 24.0 Å². The molecule has 0 atom stereocenters. The fourth-order valence-electron chi connectivity index (χ4n) is 1.34. The number of carbonyl (C=O) groups excluding carboxylic acids is 1. The van der Waals surface area contributed by atoms with Crippen molar-refractivity contribution in [3.05, 3.63) is 29.3 Å². The third-order valence-corrected chi connectivity index (χ3v) is 2.12. The SMILES string of the molecule is Cc1cccc(C)c1NC(=O)CCN.Cl. The Bertz CT molecular complexity index is 319. The normalized spacial score (nSPS) is 9.27. The summed E-state index contributed by atoms with van der Waals surface area (Å²) in [6.07, 6.45) is 0.369. The summed E-state index contributed by atoms with van der Waals surface area (Å²) in [6, 6.07) is 5.93. The molecule has 0 aliphatic heterocycles. The number of nitrogens with two attached hydrogens (primary N) is 1. The van der Waals surface area contributed by atoms with Gasteiger partial charge >= 0.3 is 0 Å². The zero-order chi connectivity index (χ0) is 10.6. The quantitative estimate of drug-likeness (QED) is 0.832. The van der Waals surface area contributed by atoms with E-state index in [1.807, 2.05) is 32.0 Å². The van der Waals surface area contributed by atoms with Gasteiger partial charge in [-0.15, -0.1) is 12.4 Å². The van der Waals surface area contributed by atoms with E-state index in [0.29, 0.717) is 13.0 Å². The summed E-state index contributed by atoms with van der Waals surface area (Å²) in [5.41, 5.74) is 8.36. The predicted octanol–water partition coefficient (Wildman–Crippen LogP) is 2.01. The lowest BCUT2D eigenvalue weighted by atomic mass is 10.1. The number of hydrogen-bond acceptors (Lipinski definition) is 2. The largest absolute Gasteiger partial charge is 0.330 e. The third kappa shape index (κ3) is 3.90. The van der Waals surface area contributed by atoms with Gasteiger partial charge in [-0.1, -0.05) is 18.2 Å². The van der Waals surface area contributed by atoms with Gasteiger partial charge in [0.15, 0.2) is 0 Å². The lowest BCUT2D eigenvalue weighted by Crippen LogP contribution is -2.17. The Hall–Kier alpha value is -1.06. The smallest absolute Gasteiger partial charge is 0.225 e. The Labute approximate surface area is 96.5 Å². The molecule has 0 saturated carbocycles. The van der Waals surface area contributed by atoms with E-state index in [0.717, 1.165) is 16.8 Å². The fourth-order valence-corrected chi connectivity index (χ4v) is 1.34. The zero-order valence-electron chi connectivity index (χ0n) is 9.04. The highest BCUT2D eigenvalue weighted by molar-refractivity contribution is 5.92. The van der Waals surface area contributed by atoms with Crippen molar-refractivity contribution in [1.82, 2.24) is 0 Å². The Morgan fingerprint density at radius 1 is 1.33 bits per heavy atom. The van der Waals surface area contributed by atoms with Crippen LogP contribution in [0.25, 0.3) is 0 Å². The van der Waals surface area contributed by atoms with Crippen molar-refractivity contribution in [2.75, 3.05) is 11.9 Å². The molecule has 0 aromatic heterocycles. The number of rotatable bonds is 3. The summed E-state index contributed by atoms with van der Waals surface area (Å²) in [4.78, 5) is 11.3. The Balaban J connectivity index is 0.00000196. The van der Waals surface area contributed by atoms with Gasteiger partial charge in [0.2, 0.25) is 5.91 Å². The monoisotopic (exact) mass is 228 g/mol. The number of nitrogens with one attached hydrogen (secondary N) is 1. The van der Waals surface area contributed by atoms with Crippen LogP contribution in [0.1, 0.15) is 17.5 Å². The van der Waals surface area contributed by atoms with Gasteiger partial charge in [-0.25, -0.2) is 0 Å². The van der Waals surface area contributed by atoms with Gasteiger partial charge in [0.25, 0.3) is 0 Å². The van der Waals surface area contributed by atoms with E-state index >= 15 is 0 Å². The lowest BCUT2D eigenvalue weighted by Gasteiger charge is -2.10. The number of carbonyl (C=O) groups is 1. The maximum absolute atomic E-state index is 11.3. The highest BCUT2D eigenvalue weighted by Crippen LogP contribution is 2.19. The Morgan fingerprint density at radius 3 is 2.33 bits per heavy atom. The first-order chi connectivity index (χ1) is 6.65. The average Bonchev–Trinajstić information content (AvgIpc) is 2.12. The highest BCUT2D eigenvalue weighted by atomic mass is 35.5. The van der Waals surface area contributed by atoms with Crippen LogP contribution in [0.5, 0.6) is 0 Å². The first-order valence-electron chi connectivity index (χ1n) is 4.71. The molecular formula is C11H17ClN2O. The van der Waals surface area contributed by atoms with Crippen LogP contribution >= 0.6 is 12.4 Å². The van der Waals surface area contributed by atoms with Crippen LogP contribution in [-0.2, 0) is 4.79 Å². The van der Waals surface area contributed by atoms with Gasteiger partial charge in [0.1, 0.15) is 0 Å². The molecule has 0 unspecified atom stereocenters. The molecule has 0 aliphatic rings. The van der Waals surface area contributed by atoms with Gasteiger partial charge in [-0.05, 0) is 25.0 Å². The summed E-state index contributed by atoms with van der Waals surface area (Å²) in [5.74, 6) is -0.0232. The summed E-state index contributed by atoms with van der Waals surface area (Å²) < 4.78 is 0. The molecule has 0 aliphatic carbocycles. The summed E-state index contributed by atoms with van der Waals surface area (Å²) >= 11 is 0. The standard InChI is InChI=1S/C11H16N2O.ClH/c1-8-4-3-5-9(2)11(8)13-10(14)6-7-12;/h3-5H,6-7,12H2,1-2H3,(H,13,14);1H. The molecule has 0 fully saturated rings. The fraction of sp³-hybridized carbons (Fsp3) is 0.364. The second-order valence-electron chi connectivity index (χ2n) is 3.35. The molecule has 0 radical (unpaired) electrons. The molecule has 0 heterocycles. The van der Waals surface area contributed by atoms with Gasteiger partial charge in [-0.3, -0.25) is 4.79 Å².